The quantitative estimate of drug-likeness (QED) is 0.799. The van der Waals surface area contributed by atoms with Gasteiger partial charge < -0.3 is 0 Å². The molecular formula is C19H23NO4S2. The summed E-state index contributed by atoms with van der Waals surface area (Å²) in [4.78, 5) is 0.309. The molecule has 3 rings (SSSR count). The molecule has 26 heavy (non-hydrogen) atoms. The van der Waals surface area contributed by atoms with Gasteiger partial charge in [-0.05, 0) is 62.1 Å². The second-order valence-corrected chi connectivity index (χ2v) is 10.5. The molecule has 0 aliphatic carbocycles. The maximum atomic E-state index is 13.1. The number of nitrogens with zero attached hydrogens (tertiary/aromatic N) is 1. The summed E-state index contributed by atoms with van der Waals surface area (Å²) < 4.78 is 53.8. The van der Waals surface area contributed by atoms with Crippen LogP contribution in [0.3, 0.4) is 0 Å². The smallest absolute Gasteiger partial charge is 0.219 e. The number of piperidine rings is 1. The van der Waals surface area contributed by atoms with Crippen LogP contribution < -0.4 is 0 Å². The van der Waals surface area contributed by atoms with Crippen molar-refractivity contribution in [1.82, 2.24) is 4.31 Å². The minimum Gasteiger partial charge on any atom is -0.219 e. The molecule has 1 aliphatic heterocycles. The lowest BCUT2D eigenvalue weighted by Crippen LogP contribution is -2.36. The molecule has 140 valence electrons. The largest absolute Gasteiger partial charge is 0.243 e. The fourth-order valence-corrected chi connectivity index (χ4v) is 6.85. The number of benzene rings is 2. The van der Waals surface area contributed by atoms with Crippen LogP contribution in [0.25, 0.3) is 0 Å². The maximum Gasteiger partial charge on any atom is 0.243 e. The van der Waals surface area contributed by atoms with Crippen LogP contribution in [0, 0.1) is 13.8 Å². The van der Waals surface area contributed by atoms with Gasteiger partial charge in [0, 0.05) is 13.1 Å². The Labute approximate surface area is 155 Å². The summed E-state index contributed by atoms with van der Waals surface area (Å²) in [5.41, 5.74) is 0.894. The second kappa shape index (κ2) is 7.13. The molecule has 0 radical (unpaired) electrons. The highest BCUT2D eigenvalue weighted by Gasteiger charge is 2.31. The van der Waals surface area contributed by atoms with Gasteiger partial charge in [0.15, 0.2) is 0 Å². The molecule has 7 heteroatoms. The molecule has 0 atom stereocenters. The van der Waals surface area contributed by atoms with Crippen molar-refractivity contribution < 1.29 is 16.8 Å². The Bertz CT molecular complexity index is 1010. The van der Waals surface area contributed by atoms with E-state index >= 15 is 0 Å². The zero-order valence-corrected chi connectivity index (χ0v) is 16.6. The molecule has 0 saturated carbocycles. The monoisotopic (exact) mass is 393 g/mol. The van der Waals surface area contributed by atoms with Gasteiger partial charge in [-0.2, -0.15) is 4.31 Å². The lowest BCUT2D eigenvalue weighted by molar-refractivity contribution is 0.346. The molecule has 5 nitrogen and oxygen atoms in total. The Kier molecular flexibility index (Phi) is 5.23. The first-order chi connectivity index (χ1) is 12.2. The molecule has 0 amide bonds. The molecule has 1 fully saturated rings. The van der Waals surface area contributed by atoms with E-state index < -0.39 is 19.9 Å². The van der Waals surface area contributed by atoms with E-state index in [1.165, 1.54) is 16.4 Å². The first-order valence-electron chi connectivity index (χ1n) is 8.66. The van der Waals surface area contributed by atoms with Gasteiger partial charge in [0.2, 0.25) is 19.9 Å². The zero-order chi connectivity index (χ0) is 18.9. The second-order valence-electron chi connectivity index (χ2n) is 6.67. The molecule has 1 saturated heterocycles. The van der Waals surface area contributed by atoms with Crippen LogP contribution in [0.1, 0.15) is 30.4 Å². The Hall–Kier alpha value is -1.70. The third-order valence-corrected chi connectivity index (χ3v) is 8.65. The fourth-order valence-electron chi connectivity index (χ4n) is 3.31. The average molecular weight is 394 g/mol. The van der Waals surface area contributed by atoms with Crippen LogP contribution in [0.5, 0.6) is 0 Å². The Morgan fingerprint density at radius 1 is 0.808 bits per heavy atom. The van der Waals surface area contributed by atoms with Crippen molar-refractivity contribution in [2.24, 2.45) is 0 Å². The zero-order valence-electron chi connectivity index (χ0n) is 15.0. The highest BCUT2D eigenvalue weighted by atomic mass is 32.2. The van der Waals surface area contributed by atoms with Gasteiger partial charge in [0.05, 0.1) is 14.7 Å². The molecule has 1 heterocycles. The molecule has 0 aromatic heterocycles. The highest BCUT2D eigenvalue weighted by molar-refractivity contribution is 7.91. The van der Waals surface area contributed by atoms with E-state index in [0.29, 0.717) is 18.7 Å². The van der Waals surface area contributed by atoms with Crippen LogP contribution in [0.2, 0.25) is 0 Å². The summed E-state index contributed by atoms with van der Waals surface area (Å²) in [5.74, 6) is 0. The van der Waals surface area contributed by atoms with Crippen LogP contribution in [-0.2, 0) is 19.9 Å². The lowest BCUT2D eigenvalue weighted by atomic mass is 10.2. The summed E-state index contributed by atoms with van der Waals surface area (Å²) in [7, 11) is -7.50. The minimum atomic E-state index is -3.79. The van der Waals surface area contributed by atoms with Crippen LogP contribution >= 0.6 is 0 Å². The predicted octanol–water partition coefficient (Wildman–Crippen LogP) is 3.31. The van der Waals surface area contributed by atoms with E-state index in [4.69, 9.17) is 0 Å². The van der Waals surface area contributed by atoms with Crippen molar-refractivity contribution >= 4 is 19.9 Å². The number of hydrogen-bond donors (Lipinski definition) is 0. The Morgan fingerprint density at radius 3 is 2.00 bits per heavy atom. The van der Waals surface area contributed by atoms with E-state index in [-0.39, 0.29) is 20.2 Å². The van der Waals surface area contributed by atoms with Crippen molar-refractivity contribution in [3.05, 3.63) is 53.6 Å². The molecule has 1 aliphatic rings. The van der Waals surface area contributed by atoms with E-state index in [1.807, 2.05) is 0 Å². The average Bonchev–Trinajstić information content (AvgIpc) is 2.64. The van der Waals surface area contributed by atoms with Crippen molar-refractivity contribution in [2.75, 3.05) is 13.1 Å². The summed E-state index contributed by atoms with van der Waals surface area (Å²) in [6.45, 7) is 4.26. The molecule has 0 bridgehead atoms. The molecule has 0 unspecified atom stereocenters. The number of sulfone groups is 1. The molecule has 2 aromatic carbocycles. The van der Waals surface area contributed by atoms with E-state index in [2.05, 4.69) is 0 Å². The third-order valence-electron chi connectivity index (χ3n) is 4.73. The summed E-state index contributed by atoms with van der Waals surface area (Å²) in [6, 6.07) is 11.2. The Morgan fingerprint density at radius 2 is 1.38 bits per heavy atom. The van der Waals surface area contributed by atoms with Gasteiger partial charge in [-0.25, -0.2) is 16.8 Å². The van der Waals surface area contributed by atoms with E-state index in [1.54, 1.807) is 44.2 Å². The van der Waals surface area contributed by atoms with Crippen molar-refractivity contribution in [1.29, 1.82) is 0 Å². The van der Waals surface area contributed by atoms with E-state index in [0.717, 1.165) is 19.3 Å². The van der Waals surface area contributed by atoms with Crippen LogP contribution in [-0.4, -0.2) is 34.2 Å². The van der Waals surface area contributed by atoms with Gasteiger partial charge in [0.1, 0.15) is 0 Å². The van der Waals surface area contributed by atoms with Crippen molar-refractivity contribution in [3.63, 3.8) is 0 Å². The van der Waals surface area contributed by atoms with Gasteiger partial charge in [0.25, 0.3) is 0 Å². The van der Waals surface area contributed by atoms with Gasteiger partial charge in [-0.15, -0.1) is 0 Å². The maximum absolute atomic E-state index is 13.1. The van der Waals surface area contributed by atoms with Crippen LogP contribution in [0.4, 0.5) is 0 Å². The molecular weight excluding hydrogens is 370 g/mol. The summed E-state index contributed by atoms with van der Waals surface area (Å²) in [5, 5.41) is 0. The normalized spacial score (nSPS) is 16.5. The van der Waals surface area contributed by atoms with E-state index in [9.17, 15) is 16.8 Å². The van der Waals surface area contributed by atoms with Gasteiger partial charge >= 0.3 is 0 Å². The number of sulfonamides is 1. The highest BCUT2D eigenvalue weighted by Crippen LogP contribution is 2.31. The first kappa shape index (κ1) is 19.1. The van der Waals surface area contributed by atoms with Crippen molar-refractivity contribution in [3.8, 4) is 0 Å². The summed E-state index contributed by atoms with van der Waals surface area (Å²) in [6.07, 6.45) is 2.69. The third kappa shape index (κ3) is 3.43. The summed E-state index contributed by atoms with van der Waals surface area (Å²) >= 11 is 0. The molecule has 0 N–H and O–H groups in total. The topological polar surface area (TPSA) is 71.5 Å². The number of rotatable bonds is 4. The SMILES string of the molecule is Cc1cc(S(=O)(=O)c2ccccc2)c(C)c(S(=O)(=O)N2CCCCC2)c1. The number of aryl methyl sites for hydroxylation is 1. The van der Waals surface area contributed by atoms with Gasteiger partial charge in [-0.3, -0.25) is 0 Å². The van der Waals surface area contributed by atoms with Crippen molar-refractivity contribution in [2.45, 2.75) is 47.8 Å². The first-order valence-corrected chi connectivity index (χ1v) is 11.6. The molecule has 2 aromatic rings. The fraction of sp³-hybridized carbons (Fsp3) is 0.368. The standard InChI is InChI=1S/C19H23NO4S2/c1-15-13-18(25(21,22)17-9-5-3-6-10-17)16(2)19(14-15)26(23,24)20-11-7-4-8-12-20/h3,5-6,9-10,13-14H,4,7-8,11-12H2,1-2H3. The minimum absolute atomic E-state index is 0.0549. The van der Waals surface area contributed by atoms with Crippen LogP contribution in [0.15, 0.2) is 57.2 Å². The predicted molar refractivity (Wildman–Crippen MR) is 100 cm³/mol. The number of hydrogen-bond acceptors (Lipinski definition) is 4. The Balaban J connectivity index is 2.16. The lowest BCUT2D eigenvalue weighted by Gasteiger charge is -2.27. The molecule has 0 spiro atoms. The van der Waals surface area contributed by atoms with Gasteiger partial charge in [-0.1, -0.05) is 24.6 Å².